The molecule has 1 amide bonds. The highest BCUT2D eigenvalue weighted by Gasteiger charge is 2.13. The van der Waals surface area contributed by atoms with E-state index in [1.807, 2.05) is 6.92 Å². The number of aryl methyl sites for hydroxylation is 1. The first-order chi connectivity index (χ1) is 9.06. The van der Waals surface area contributed by atoms with E-state index < -0.39 is 5.91 Å². The summed E-state index contributed by atoms with van der Waals surface area (Å²) in [4.78, 5) is 20.1. The predicted octanol–water partition coefficient (Wildman–Crippen LogP) is 1.81. The molecule has 2 aromatic heterocycles. The monoisotopic (exact) mass is 297 g/mol. The number of rotatable bonds is 3. The maximum Gasteiger partial charge on any atom is 0.254 e. The number of hydrogen-bond donors (Lipinski definition) is 1. The van der Waals surface area contributed by atoms with E-state index >= 15 is 0 Å². The van der Waals surface area contributed by atoms with Crippen LogP contribution in [0, 0.1) is 6.92 Å². The molecule has 19 heavy (non-hydrogen) atoms. The van der Waals surface area contributed by atoms with Gasteiger partial charge in [0.25, 0.3) is 5.91 Å². The molecule has 0 unspecified atom stereocenters. The summed E-state index contributed by atoms with van der Waals surface area (Å²) in [7, 11) is 0. The van der Waals surface area contributed by atoms with E-state index in [4.69, 9.17) is 23.2 Å². The van der Waals surface area contributed by atoms with E-state index in [2.05, 4.69) is 25.5 Å². The second-order valence-corrected chi connectivity index (χ2v) is 4.45. The van der Waals surface area contributed by atoms with Crippen LogP contribution in [0.25, 0.3) is 0 Å². The molecule has 0 aliphatic heterocycles. The van der Waals surface area contributed by atoms with Gasteiger partial charge in [0.1, 0.15) is 0 Å². The van der Waals surface area contributed by atoms with Crippen molar-refractivity contribution in [3.63, 3.8) is 0 Å². The summed E-state index contributed by atoms with van der Waals surface area (Å²) in [6, 6.07) is 1.35. The molecule has 2 heterocycles. The molecule has 8 heteroatoms. The van der Waals surface area contributed by atoms with Crippen molar-refractivity contribution in [3.05, 3.63) is 45.7 Å². The largest absolute Gasteiger partial charge is 0.346 e. The summed E-state index contributed by atoms with van der Waals surface area (Å²) >= 11 is 11.4. The smallest absolute Gasteiger partial charge is 0.254 e. The number of nitrogens with zero attached hydrogens (tertiary/aromatic N) is 4. The van der Waals surface area contributed by atoms with E-state index in [1.54, 1.807) is 12.4 Å². The second-order valence-electron chi connectivity index (χ2n) is 3.70. The molecule has 2 rings (SSSR count). The zero-order valence-electron chi connectivity index (χ0n) is 9.89. The molecule has 0 aromatic carbocycles. The van der Waals surface area contributed by atoms with Crippen LogP contribution in [0.2, 0.25) is 10.3 Å². The number of amides is 1. The quantitative estimate of drug-likeness (QED) is 0.934. The van der Waals surface area contributed by atoms with Gasteiger partial charge in [-0.25, -0.2) is 0 Å². The Morgan fingerprint density at radius 1 is 1.26 bits per heavy atom. The molecule has 0 spiro atoms. The third kappa shape index (κ3) is 3.59. The van der Waals surface area contributed by atoms with Gasteiger partial charge in [-0.05, 0) is 13.0 Å². The number of aromatic nitrogens is 4. The molecule has 0 bridgehead atoms. The molecule has 0 saturated carbocycles. The van der Waals surface area contributed by atoms with Crippen LogP contribution in [-0.4, -0.2) is 26.1 Å². The van der Waals surface area contributed by atoms with Gasteiger partial charge >= 0.3 is 0 Å². The fourth-order valence-electron chi connectivity index (χ4n) is 1.29. The fourth-order valence-corrected chi connectivity index (χ4v) is 1.61. The van der Waals surface area contributed by atoms with Gasteiger partial charge in [-0.1, -0.05) is 23.2 Å². The predicted molar refractivity (Wildman–Crippen MR) is 70.0 cm³/mol. The van der Waals surface area contributed by atoms with Gasteiger partial charge in [-0.2, -0.15) is 0 Å². The van der Waals surface area contributed by atoms with E-state index in [-0.39, 0.29) is 22.4 Å². The van der Waals surface area contributed by atoms with Gasteiger partial charge in [0, 0.05) is 6.20 Å². The highest BCUT2D eigenvalue weighted by Crippen LogP contribution is 2.15. The lowest BCUT2D eigenvalue weighted by molar-refractivity contribution is 0.0950. The Hall–Kier alpha value is -1.79. The Balaban J connectivity index is 2.05. The summed E-state index contributed by atoms with van der Waals surface area (Å²) in [5.41, 5.74) is 1.62. The summed E-state index contributed by atoms with van der Waals surface area (Å²) in [6.07, 6.45) is 3.22. The maximum atomic E-state index is 11.9. The molecule has 0 saturated heterocycles. The van der Waals surface area contributed by atoms with Crippen LogP contribution in [0.4, 0.5) is 0 Å². The first-order valence-electron chi connectivity index (χ1n) is 5.30. The van der Waals surface area contributed by atoms with Gasteiger partial charge in [0.2, 0.25) is 0 Å². The van der Waals surface area contributed by atoms with Crippen LogP contribution in [0.15, 0.2) is 18.5 Å². The molecule has 6 nitrogen and oxygen atoms in total. The second kappa shape index (κ2) is 5.90. The SMILES string of the molecule is Cc1cnc(CNC(=O)c2cc(Cl)nnc2Cl)cn1. The van der Waals surface area contributed by atoms with Crippen molar-refractivity contribution >= 4 is 29.1 Å². The Kier molecular flexibility index (Phi) is 4.24. The van der Waals surface area contributed by atoms with Gasteiger partial charge in [-0.3, -0.25) is 14.8 Å². The standard InChI is InChI=1S/C11H9Cl2N5O/c1-6-3-15-7(4-14-6)5-16-11(19)8-2-9(12)17-18-10(8)13/h2-4H,5H2,1H3,(H,16,19). The summed E-state index contributed by atoms with van der Waals surface area (Å²) < 4.78 is 0. The lowest BCUT2D eigenvalue weighted by Gasteiger charge is -2.05. The molecular weight excluding hydrogens is 289 g/mol. The van der Waals surface area contributed by atoms with E-state index in [0.717, 1.165) is 5.69 Å². The highest BCUT2D eigenvalue weighted by atomic mass is 35.5. The minimum Gasteiger partial charge on any atom is -0.346 e. The van der Waals surface area contributed by atoms with Crippen molar-refractivity contribution in [3.8, 4) is 0 Å². The lowest BCUT2D eigenvalue weighted by atomic mass is 10.3. The Labute approximate surface area is 119 Å². The normalized spacial score (nSPS) is 10.3. The molecule has 2 aromatic rings. The Bertz CT molecular complexity index is 603. The maximum absolute atomic E-state index is 11.9. The number of carbonyl (C=O) groups excluding carboxylic acids is 1. The molecule has 0 fully saturated rings. The van der Waals surface area contributed by atoms with E-state index in [1.165, 1.54) is 6.07 Å². The summed E-state index contributed by atoms with van der Waals surface area (Å²) in [5.74, 6) is -0.399. The van der Waals surface area contributed by atoms with E-state index in [0.29, 0.717) is 5.69 Å². The molecule has 0 radical (unpaired) electrons. The number of carbonyl (C=O) groups is 1. The fraction of sp³-hybridized carbons (Fsp3) is 0.182. The molecule has 0 aliphatic rings. The van der Waals surface area contributed by atoms with Gasteiger partial charge in [0.15, 0.2) is 10.3 Å². The zero-order valence-corrected chi connectivity index (χ0v) is 11.4. The third-order valence-electron chi connectivity index (χ3n) is 2.23. The van der Waals surface area contributed by atoms with Gasteiger partial charge in [-0.15, -0.1) is 10.2 Å². The van der Waals surface area contributed by atoms with Gasteiger partial charge in [0.05, 0.1) is 29.7 Å². The van der Waals surface area contributed by atoms with Crippen LogP contribution >= 0.6 is 23.2 Å². The van der Waals surface area contributed by atoms with Gasteiger partial charge < -0.3 is 5.32 Å². The Morgan fingerprint density at radius 2 is 2.05 bits per heavy atom. The molecular formula is C11H9Cl2N5O. The topological polar surface area (TPSA) is 80.7 Å². The first kappa shape index (κ1) is 13.6. The minimum absolute atomic E-state index is 0.00288. The zero-order chi connectivity index (χ0) is 13.8. The average molecular weight is 298 g/mol. The van der Waals surface area contributed by atoms with Crippen LogP contribution < -0.4 is 5.32 Å². The van der Waals surface area contributed by atoms with Crippen molar-refractivity contribution in [2.45, 2.75) is 13.5 Å². The number of halogens is 2. The molecule has 98 valence electrons. The number of hydrogen-bond acceptors (Lipinski definition) is 5. The summed E-state index contributed by atoms with van der Waals surface area (Å²) in [5, 5.41) is 9.84. The van der Waals surface area contributed by atoms with Crippen molar-refractivity contribution in [2.24, 2.45) is 0 Å². The van der Waals surface area contributed by atoms with Crippen LogP contribution in [0.3, 0.4) is 0 Å². The number of nitrogens with one attached hydrogen (secondary N) is 1. The molecule has 1 N–H and O–H groups in total. The van der Waals surface area contributed by atoms with Crippen molar-refractivity contribution < 1.29 is 4.79 Å². The highest BCUT2D eigenvalue weighted by molar-refractivity contribution is 6.34. The Morgan fingerprint density at radius 3 is 2.74 bits per heavy atom. The molecule has 0 aliphatic carbocycles. The lowest BCUT2D eigenvalue weighted by Crippen LogP contribution is -2.24. The van der Waals surface area contributed by atoms with Crippen molar-refractivity contribution in [2.75, 3.05) is 0 Å². The van der Waals surface area contributed by atoms with Crippen molar-refractivity contribution in [1.82, 2.24) is 25.5 Å². The van der Waals surface area contributed by atoms with Crippen LogP contribution in [0.1, 0.15) is 21.7 Å². The minimum atomic E-state index is -0.399. The summed E-state index contributed by atoms with van der Waals surface area (Å²) in [6.45, 7) is 2.07. The first-order valence-corrected chi connectivity index (χ1v) is 6.06. The van der Waals surface area contributed by atoms with E-state index in [9.17, 15) is 4.79 Å². The molecule has 0 atom stereocenters. The van der Waals surface area contributed by atoms with Crippen LogP contribution in [0.5, 0.6) is 0 Å². The van der Waals surface area contributed by atoms with Crippen molar-refractivity contribution in [1.29, 1.82) is 0 Å². The average Bonchev–Trinajstić information content (AvgIpc) is 2.40. The third-order valence-corrected chi connectivity index (χ3v) is 2.69. The van der Waals surface area contributed by atoms with Crippen LogP contribution in [-0.2, 0) is 6.54 Å².